The number of fused-ring (bicyclic) bond motifs is 1. The third kappa shape index (κ3) is 1.14. The van der Waals surface area contributed by atoms with Gasteiger partial charge in [0.15, 0.2) is 0 Å². The minimum atomic E-state index is -0.0484. The molecule has 0 heteroatoms. The molecule has 0 aliphatic heterocycles. The Morgan fingerprint density at radius 1 is 0.810 bits per heavy atom. The van der Waals surface area contributed by atoms with Crippen molar-refractivity contribution in [2.24, 2.45) is 5.41 Å². The van der Waals surface area contributed by atoms with E-state index >= 15 is 0 Å². The SMILES string of the molecule is C1=CC2=CC=C3Cc4ccccc4C34C=CC=CC24C=C1. The maximum Gasteiger partial charge on any atom is 0.0520 e. The highest BCUT2D eigenvalue weighted by atomic mass is 14.6. The molecule has 0 amide bonds. The largest absolute Gasteiger partial charge is 0.0687 e. The zero-order valence-electron chi connectivity index (χ0n) is 11.8. The predicted octanol–water partition coefficient (Wildman–Crippen LogP) is 4.59. The molecule has 0 aromatic heterocycles. The van der Waals surface area contributed by atoms with Gasteiger partial charge < -0.3 is 0 Å². The molecule has 2 atom stereocenters. The zero-order valence-corrected chi connectivity index (χ0v) is 11.8. The molecule has 0 N–H and O–H groups in total. The Balaban J connectivity index is 1.91. The Bertz CT molecular complexity index is 815. The van der Waals surface area contributed by atoms with E-state index in [4.69, 9.17) is 0 Å². The van der Waals surface area contributed by atoms with Crippen molar-refractivity contribution < 1.29 is 0 Å². The first-order valence-corrected chi connectivity index (χ1v) is 7.60. The minimum absolute atomic E-state index is 0.0241. The number of hydrogen-bond acceptors (Lipinski definition) is 0. The van der Waals surface area contributed by atoms with Crippen molar-refractivity contribution in [3.63, 3.8) is 0 Å². The number of benzene rings is 1. The van der Waals surface area contributed by atoms with Crippen LogP contribution in [0.4, 0.5) is 0 Å². The van der Waals surface area contributed by atoms with Gasteiger partial charge in [-0.25, -0.2) is 0 Å². The summed E-state index contributed by atoms with van der Waals surface area (Å²) in [5, 5.41) is 0. The second-order valence-electron chi connectivity index (χ2n) is 6.26. The number of hydrogen-bond donors (Lipinski definition) is 0. The van der Waals surface area contributed by atoms with Gasteiger partial charge >= 0.3 is 0 Å². The van der Waals surface area contributed by atoms with Crippen LogP contribution in [0.3, 0.4) is 0 Å². The van der Waals surface area contributed by atoms with Gasteiger partial charge in [0.1, 0.15) is 0 Å². The van der Waals surface area contributed by atoms with Crippen LogP contribution in [-0.4, -0.2) is 0 Å². The van der Waals surface area contributed by atoms with Crippen molar-refractivity contribution >= 4 is 0 Å². The smallest absolute Gasteiger partial charge is 0.0520 e. The van der Waals surface area contributed by atoms with Crippen molar-refractivity contribution in [1.29, 1.82) is 0 Å². The topological polar surface area (TPSA) is 0 Å². The van der Waals surface area contributed by atoms with Gasteiger partial charge in [0.2, 0.25) is 0 Å². The van der Waals surface area contributed by atoms with Crippen molar-refractivity contribution in [3.05, 3.63) is 107 Å². The van der Waals surface area contributed by atoms with Gasteiger partial charge in [-0.1, -0.05) is 85.0 Å². The van der Waals surface area contributed by atoms with E-state index < -0.39 is 0 Å². The summed E-state index contributed by atoms with van der Waals surface area (Å²) in [6.07, 6.45) is 23.9. The Kier molecular flexibility index (Phi) is 1.97. The lowest BCUT2D eigenvalue weighted by atomic mass is 9.51. The molecule has 0 heterocycles. The molecule has 4 aliphatic carbocycles. The highest BCUT2D eigenvalue weighted by molar-refractivity contribution is 5.68. The van der Waals surface area contributed by atoms with Gasteiger partial charge in [0.05, 0.1) is 5.41 Å². The van der Waals surface area contributed by atoms with Crippen molar-refractivity contribution in [3.8, 4) is 0 Å². The average Bonchev–Trinajstić information content (AvgIpc) is 2.87. The molecule has 0 saturated heterocycles. The van der Waals surface area contributed by atoms with Gasteiger partial charge in [-0.2, -0.15) is 0 Å². The lowest BCUT2D eigenvalue weighted by Gasteiger charge is -2.50. The van der Waals surface area contributed by atoms with Crippen LogP contribution in [0.1, 0.15) is 11.1 Å². The van der Waals surface area contributed by atoms with Crippen molar-refractivity contribution in [1.82, 2.24) is 0 Å². The zero-order chi connectivity index (χ0) is 13.9. The molecule has 1 aromatic carbocycles. The number of rotatable bonds is 0. The molecule has 2 unspecified atom stereocenters. The van der Waals surface area contributed by atoms with E-state index in [2.05, 4.69) is 85.0 Å². The molecule has 21 heavy (non-hydrogen) atoms. The van der Waals surface area contributed by atoms with Crippen LogP contribution in [0.2, 0.25) is 0 Å². The van der Waals surface area contributed by atoms with Crippen LogP contribution in [0.25, 0.3) is 0 Å². The summed E-state index contributed by atoms with van der Waals surface area (Å²) < 4.78 is 0. The van der Waals surface area contributed by atoms with E-state index in [0.29, 0.717) is 0 Å². The first-order chi connectivity index (χ1) is 10.4. The quantitative estimate of drug-likeness (QED) is 0.646. The first kappa shape index (κ1) is 11.3. The normalized spacial score (nSPS) is 33.7. The van der Waals surface area contributed by atoms with E-state index in [9.17, 15) is 0 Å². The molecule has 4 aliphatic rings. The Labute approximate surface area is 125 Å². The Morgan fingerprint density at radius 3 is 2.57 bits per heavy atom. The molecule has 5 rings (SSSR count). The average molecular weight is 268 g/mol. The third-order valence-electron chi connectivity index (χ3n) is 5.49. The fraction of sp³-hybridized carbons (Fsp3) is 0.143. The lowest BCUT2D eigenvalue weighted by Crippen LogP contribution is -2.45. The maximum atomic E-state index is 2.42. The highest BCUT2D eigenvalue weighted by Crippen LogP contribution is 2.62. The molecule has 0 saturated carbocycles. The van der Waals surface area contributed by atoms with Gasteiger partial charge in [-0.3, -0.25) is 0 Å². The third-order valence-corrected chi connectivity index (χ3v) is 5.49. The summed E-state index contributed by atoms with van der Waals surface area (Å²) in [4.78, 5) is 0. The maximum absolute atomic E-state index is 2.42. The van der Waals surface area contributed by atoms with E-state index in [-0.39, 0.29) is 10.8 Å². The van der Waals surface area contributed by atoms with Crippen LogP contribution in [0.15, 0.2) is 96.2 Å². The van der Waals surface area contributed by atoms with E-state index in [1.165, 1.54) is 22.3 Å². The molecule has 1 aromatic rings. The molecule has 0 radical (unpaired) electrons. The number of allylic oxidation sites excluding steroid dienone is 12. The van der Waals surface area contributed by atoms with E-state index in [1.807, 2.05) is 0 Å². The molecular weight excluding hydrogens is 252 g/mol. The van der Waals surface area contributed by atoms with Crippen LogP contribution < -0.4 is 0 Å². The summed E-state index contributed by atoms with van der Waals surface area (Å²) in [5.74, 6) is 0. The Morgan fingerprint density at radius 2 is 1.62 bits per heavy atom. The van der Waals surface area contributed by atoms with Crippen molar-refractivity contribution in [2.75, 3.05) is 0 Å². The summed E-state index contributed by atoms with van der Waals surface area (Å²) in [6.45, 7) is 0. The fourth-order valence-corrected chi connectivity index (χ4v) is 4.62. The second kappa shape index (κ2) is 3.65. The van der Waals surface area contributed by atoms with E-state index in [0.717, 1.165) is 6.42 Å². The molecule has 0 nitrogen and oxygen atoms in total. The molecule has 0 bridgehead atoms. The second-order valence-corrected chi connectivity index (χ2v) is 6.26. The van der Waals surface area contributed by atoms with Gasteiger partial charge in [-0.05, 0) is 28.7 Å². The lowest BCUT2D eigenvalue weighted by molar-refractivity contribution is 0.401. The van der Waals surface area contributed by atoms with E-state index in [1.54, 1.807) is 0 Å². The first-order valence-electron chi connectivity index (χ1n) is 7.60. The van der Waals surface area contributed by atoms with Crippen LogP contribution in [-0.2, 0) is 11.8 Å². The van der Waals surface area contributed by atoms with Gasteiger partial charge in [0, 0.05) is 5.41 Å². The summed E-state index contributed by atoms with van der Waals surface area (Å²) in [6, 6.07) is 8.94. The van der Waals surface area contributed by atoms with Crippen LogP contribution in [0.5, 0.6) is 0 Å². The Hall–Kier alpha value is -2.34. The molecule has 2 spiro atoms. The summed E-state index contributed by atoms with van der Waals surface area (Å²) >= 11 is 0. The van der Waals surface area contributed by atoms with Crippen molar-refractivity contribution in [2.45, 2.75) is 11.8 Å². The van der Waals surface area contributed by atoms with Gasteiger partial charge in [-0.15, -0.1) is 0 Å². The standard InChI is InChI=1S/C21H16/c1-2-9-19-16(7-1)15-18-11-10-17-8-3-4-12-20(17)13-5-6-14-21(18,19)20/h1-14H,15H2. The summed E-state index contributed by atoms with van der Waals surface area (Å²) in [7, 11) is 0. The van der Waals surface area contributed by atoms with Gasteiger partial charge in [0.25, 0.3) is 0 Å². The molecule has 100 valence electrons. The molecular formula is C21H16. The summed E-state index contributed by atoms with van der Waals surface area (Å²) in [5.41, 5.74) is 5.79. The molecule has 0 fully saturated rings. The monoisotopic (exact) mass is 268 g/mol. The predicted molar refractivity (Wildman–Crippen MR) is 87.0 cm³/mol. The highest BCUT2D eigenvalue weighted by Gasteiger charge is 2.57. The van der Waals surface area contributed by atoms with Crippen LogP contribution >= 0.6 is 0 Å². The fourth-order valence-electron chi connectivity index (χ4n) is 4.62. The van der Waals surface area contributed by atoms with Crippen LogP contribution in [0, 0.1) is 5.41 Å². The minimum Gasteiger partial charge on any atom is -0.0687 e.